The van der Waals surface area contributed by atoms with Gasteiger partial charge in [-0.3, -0.25) is 14.6 Å². The van der Waals surface area contributed by atoms with Gasteiger partial charge < -0.3 is 0 Å². The zero-order chi connectivity index (χ0) is 16.0. The van der Waals surface area contributed by atoms with Gasteiger partial charge in [-0.2, -0.15) is 0 Å². The number of Topliss-reactive ketones (excluding diaryl/α,β-unsaturated/α-hetero) is 2. The molecule has 23 heavy (non-hydrogen) atoms. The molecule has 2 saturated carbocycles. The van der Waals surface area contributed by atoms with E-state index in [9.17, 15) is 9.59 Å². The van der Waals surface area contributed by atoms with E-state index >= 15 is 0 Å². The smallest absolute Gasteiger partial charge is 0.150 e. The van der Waals surface area contributed by atoms with Crippen LogP contribution in [0, 0.1) is 18.8 Å². The summed E-state index contributed by atoms with van der Waals surface area (Å²) in [6, 6.07) is 10.2. The summed E-state index contributed by atoms with van der Waals surface area (Å²) < 4.78 is 0. The number of hydrogen-bond acceptors (Lipinski definition) is 3. The van der Waals surface area contributed by atoms with Crippen LogP contribution in [0.15, 0.2) is 42.7 Å². The molecule has 1 unspecified atom stereocenters. The zero-order valence-corrected chi connectivity index (χ0v) is 13.2. The molecule has 4 rings (SSSR count). The van der Waals surface area contributed by atoms with Gasteiger partial charge in [-0.15, -0.1) is 0 Å². The second-order valence-electron chi connectivity index (χ2n) is 6.82. The fourth-order valence-electron chi connectivity index (χ4n) is 3.96. The van der Waals surface area contributed by atoms with Gasteiger partial charge in [-0.1, -0.05) is 29.8 Å². The Morgan fingerprint density at radius 1 is 0.913 bits per heavy atom. The monoisotopic (exact) mass is 305 g/mol. The van der Waals surface area contributed by atoms with E-state index < -0.39 is 5.92 Å². The van der Waals surface area contributed by atoms with Crippen molar-refractivity contribution < 1.29 is 9.59 Å². The van der Waals surface area contributed by atoms with Crippen LogP contribution in [0.3, 0.4) is 0 Å². The van der Waals surface area contributed by atoms with Crippen LogP contribution in [0.5, 0.6) is 0 Å². The fourth-order valence-corrected chi connectivity index (χ4v) is 3.96. The second-order valence-corrected chi connectivity index (χ2v) is 6.82. The summed E-state index contributed by atoms with van der Waals surface area (Å²) in [7, 11) is 0. The maximum atomic E-state index is 12.6. The van der Waals surface area contributed by atoms with E-state index in [0.29, 0.717) is 0 Å². The molecule has 0 spiro atoms. The van der Waals surface area contributed by atoms with Gasteiger partial charge >= 0.3 is 0 Å². The molecule has 3 atom stereocenters. The highest BCUT2D eigenvalue weighted by Crippen LogP contribution is 2.44. The summed E-state index contributed by atoms with van der Waals surface area (Å²) >= 11 is 0. The molecule has 0 radical (unpaired) electrons. The summed E-state index contributed by atoms with van der Waals surface area (Å²) in [4.78, 5) is 29.6. The number of ketones is 2. The lowest BCUT2D eigenvalue weighted by Gasteiger charge is -2.25. The Morgan fingerprint density at radius 2 is 1.57 bits per heavy atom. The van der Waals surface area contributed by atoms with E-state index in [1.165, 1.54) is 5.56 Å². The van der Waals surface area contributed by atoms with E-state index in [2.05, 4.69) is 17.1 Å². The molecule has 1 heterocycles. The van der Waals surface area contributed by atoms with Gasteiger partial charge in [0.25, 0.3) is 0 Å². The van der Waals surface area contributed by atoms with E-state index in [1.807, 2.05) is 25.1 Å². The summed E-state index contributed by atoms with van der Waals surface area (Å²) in [5.41, 5.74) is 3.98. The third-order valence-corrected chi connectivity index (χ3v) is 5.28. The van der Waals surface area contributed by atoms with Crippen molar-refractivity contribution >= 4 is 11.6 Å². The maximum absolute atomic E-state index is 12.6. The Labute approximate surface area is 135 Å². The number of aryl methyl sites for hydroxylation is 1. The third kappa shape index (κ3) is 2.40. The Balaban J connectivity index is 1.72. The first-order valence-corrected chi connectivity index (χ1v) is 8.23. The van der Waals surface area contributed by atoms with Crippen LogP contribution in [0.25, 0.3) is 11.1 Å². The molecule has 116 valence electrons. The normalized spacial score (nSPS) is 26.6. The van der Waals surface area contributed by atoms with Gasteiger partial charge in [0.1, 0.15) is 5.92 Å². The third-order valence-electron chi connectivity index (χ3n) is 5.28. The summed E-state index contributed by atoms with van der Waals surface area (Å²) in [6.07, 6.45) is 5.98. The van der Waals surface area contributed by atoms with Crippen LogP contribution in [0.2, 0.25) is 0 Å². The SMILES string of the molecule is Cc1ccc(-c2cncc(C3C(=O)[C@@H]4CC[C@@H](C4)C3=O)c2)cc1. The summed E-state index contributed by atoms with van der Waals surface area (Å²) in [5, 5.41) is 0. The van der Waals surface area contributed by atoms with Gasteiger partial charge in [0.15, 0.2) is 11.6 Å². The average Bonchev–Trinajstić information content (AvgIpc) is 3.01. The topological polar surface area (TPSA) is 47.0 Å². The van der Waals surface area contributed by atoms with Crippen molar-refractivity contribution in [1.82, 2.24) is 4.98 Å². The molecule has 0 amide bonds. The minimum atomic E-state index is -0.598. The molecule has 2 bridgehead atoms. The highest BCUT2D eigenvalue weighted by atomic mass is 16.2. The summed E-state index contributed by atoms with van der Waals surface area (Å²) in [6.45, 7) is 2.05. The molecule has 3 heteroatoms. The van der Waals surface area contributed by atoms with E-state index in [0.717, 1.165) is 36.0 Å². The predicted molar refractivity (Wildman–Crippen MR) is 88.0 cm³/mol. The number of rotatable bonds is 2. The molecule has 3 nitrogen and oxygen atoms in total. The second kappa shape index (κ2) is 5.41. The number of nitrogens with zero attached hydrogens (tertiary/aromatic N) is 1. The standard InChI is InChI=1S/C20H19NO2/c1-12-2-4-13(5-3-12)16-9-17(11-21-10-16)18-19(22)14-6-7-15(8-14)20(18)23/h2-5,9-11,14-15,18H,6-8H2,1H3/t14-,15+,18?. The number of carbonyl (C=O) groups is 2. The van der Waals surface area contributed by atoms with Crippen LogP contribution in [0.1, 0.15) is 36.3 Å². The van der Waals surface area contributed by atoms with Crippen molar-refractivity contribution in [2.45, 2.75) is 32.1 Å². The Hall–Kier alpha value is -2.29. The van der Waals surface area contributed by atoms with Crippen molar-refractivity contribution in [3.63, 3.8) is 0 Å². The molecular weight excluding hydrogens is 286 g/mol. The average molecular weight is 305 g/mol. The van der Waals surface area contributed by atoms with Crippen LogP contribution >= 0.6 is 0 Å². The van der Waals surface area contributed by atoms with E-state index in [4.69, 9.17) is 0 Å². The van der Waals surface area contributed by atoms with Crippen LogP contribution in [-0.2, 0) is 9.59 Å². The quantitative estimate of drug-likeness (QED) is 0.795. The number of benzene rings is 1. The van der Waals surface area contributed by atoms with E-state index in [1.54, 1.807) is 12.4 Å². The highest BCUT2D eigenvalue weighted by molar-refractivity contribution is 6.12. The molecule has 0 aliphatic heterocycles. The number of carbonyl (C=O) groups excluding carboxylic acids is 2. The first-order valence-electron chi connectivity index (χ1n) is 8.23. The Morgan fingerprint density at radius 3 is 2.22 bits per heavy atom. The molecule has 0 N–H and O–H groups in total. The molecule has 2 aliphatic rings. The minimum Gasteiger partial charge on any atom is -0.298 e. The van der Waals surface area contributed by atoms with Crippen LogP contribution < -0.4 is 0 Å². The van der Waals surface area contributed by atoms with Crippen LogP contribution in [0.4, 0.5) is 0 Å². The molecule has 1 aromatic carbocycles. The van der Waals surface area contributed by atoms with Crippen molar-refractivity contribution in [2.24, 2.45) is 11.8 Å². The first-order chi connectivity index (χ1) is 11.1. The molecule has 2 fully saturated rings. The van der Waals surface area contributed by atoms with E-state index in [-0.39, 0.29) is 23.4 Å². The van der Waals surface area contributed by atoms with Gasteiger partial charge in [0.2, 0.25) is 0 Å². The Bertz CT molecular complexity index is 756. The maximum Gasteiger partial charge on any atom is 0.150 e. The largest absolute Gasteiger partial charge is 0.298 e. The van der Waals surface area contributed by atoms with Gasteiger partial charge in [-0.05, 0) is 43.4 Å². The van der Waals surface area contributed by atoms with Crippen molar-refractivity contribution in [2.75, 3.05) is 0 Å². The molecule has 2 aliphatic carbocycles. The predicted octanol–water partition coefficient (Wildman–Crippen LogP) is 3.71. The molecule has 2 aromatic rings. The lowest BCUT2D eigenvalue weighted by molar-refractivity contribution is -0.135. The lowest BCUT2D eigenvalue weighted by Crippen LogP contribution is -2.34. The van der Waals surface area contributed by atoms with Gasteiger partial charge in [0, 0.05) is 29.8 Å². The van der Waals surface area contributed by atoms with Crippen molar-refractivity contribution in [3.8, 4) is 11.1 Å². The Kier molecular flexibility index (Phi) is 3.37. The number of fused-ring (bicyclic) bond motifs is 2. The zero-order valence-electron chi connectivity index (χ0n) is 13.2. The van der Waals surface area contributed by atoms with Crippen molar-refractivity contribution in [3.05, 3.63) is 53.9 Å². The highest BCUT2D eigenvalue weighted by Gasteiger charge is 2.47. The fraction of sp³-hybridized carbons (Fsp3) is 0.350. The number of pyridine rings is 1. The van der Waals surface area contributed by atoms with Crippen LogP contribution in [-0.4, -0.2) is 16.6 Å². The summed E-state index contributed by atoms with van der Waals surface area (Å²) in [5.74, 6) is -0.242. The minimum absolute atomic E-state index is 0.0748. The molecule has 1 aromatic heterocycles. The van der Waals surface area contributed by atoms with Gasteiger partial charge in [-0.25, -0.2) is 0 Å². The first kappa shape index (κ1) is 14.3. The number of aromatic nitrogens is 1. The molecule has 0 saturated heterocycles. The lowest BCUT2D eigenvalue weighted by atomic mass is 9.75. The molecular formula is C20H19NO2. The number of hydrogen-bond donors (Lipinski definition) is 0. The van der Waals surface area contributed by atoms with Gasteiger partial charge in [0.05, 0.1) is 0 Å². The van der Waals surface area contributed by atoms with Crippen molar-refractivity contribution in [1.29, 1.82) is 0 Å².